The molecule has 3 rings (SSSR count). The summed E-state index contributed by atoms with van der Waals surface area (Å²) in [4.78, 5) is 27.3. The number of anilines is 1. The monoisotopic (exact) mass is 527 g/mol. The maximum atomic E-state index is 13.0. The average molecular weight is 528 g/mol. The summed E-state index contributed by atoms with van der Waals surface area (Å²) >= 11 is 5.96. The molecule has 0 heterocycles. The van der Waals surface area contributed by atoms with Crippen molar-refractivity contribution in [3.8, 4) is 11.1 Å². The van der Waals surface area contributed by atoms with Crippen LogP contribution < -0.4 is 10.0 Å². The van der Waals surface area contributed by atoms with Crippen LogP contribution >= 0.6 is 11.6 Å². The molecule has 0 bridgehead atoms. The number of rotatable bonds is 9. The predicted octanol–water partition coefficient (Wildman–Crippen LogP) is 4.68. The molecule has 0 aliphatic heterocycles. The van der Waals surface area contributed by atoms with Gasteiger partial charge in [-0.05, 0) is 52.4 Å². The number of amides is 2. The molecule has 0 aromatic heterocycles. The third-order valence-corrected chi connectivity index (χ3v) is 6.27. The van der Waals surface area contributed by atoms with Crippen molar-refractivity contribution in [3.05, 3.63) is 88.9 Å². The maximum absolute atomic E-state index is 13.0. The zero-order chi connectivity index (χ0) is 26.3. The second kappa shape index (κ2) is 12.2. The first-order chi connectivity index (χ1) is 17.0. The second-order valence-corrected chi connectivity index (χ2v) is 11.3. The minimum atomic E-state index is -3.33. The third-order valence-electron chi connectivity index (χ3n) is 5.35. The van der Waals surface area contributed by atoms with Gasteiger partial charge in [-0.2, -0.15) is 0 Å². The topological polar surface area (TPSA) is 95.6 Å². The molecule has 0 unspecified atom stereocenters. The van der Waals surface area contributed by atoms with Crippen LogP contribution in [0.4, 0.5) is 5.69 Å². The van der Waals surface area contributed by atoms with Gasteiger partial charge >= 0.3 is 11.8 Å². The van der Waals surface area contributed by atoms with E-state index in [1.54, 1.807) is 24.3 Å². The molecule has 0 radical (unpaired) electrons. The Bertz CT molecular complexity index is 1310. The first-order valence-corrected chi connectivity index (χ1v) is 13.8. The average Bonchev–Trinajstić information content (AvgIpc) is 2.83. The summed E-state index contributed by atoms with van der Waals surface area (Å²) in [7, 11) is -3.33. The normalized spacial score (nSPS) is 11.4. The summed E-state index contributed by atoms with van der Waals surface area (Å²) in [5.41, 5.74) is 3.92. The van der Waals surface area contributed by atoms with Gasteiger partial charge < -0.3 is 10.2 Å². The highest BCUT2D eigenvalue weighted by Gasteiger charge is 2.23. The number of nitrogens with one attached hydrogen (secondary N) is 2. The van der Waals surface area contributed by atoms with E-state index in [1.165, 1.54) is 4.90 Å². The molecule has 9 heteroatoms. The van der Waals surface area contributed by atoms with Crippen molar-refractivity contribution in [2.45, 2.75) is 26.9 Å². The Hall–Kier alpha value is -3.20. The summed E-state index contributed by atoms with van der Waals surface area (Å²) in [5, 5.41) is 3.29. The molecule has 190 valence electrons. The molecular formula is C27H30ClN3O4S. The van der Waals surface area contributed by atoms with Gasteiger partial charge in [-0.3, -0.25) is 9.59 Å². The number of carbonyl (C=O) groups is 2. The van der Waals surface area contributed by atoms with E-state index >= 15 is 0 Å². The Morgan fingerprint density at radius 3 is 2.19 bits per heavy atom. The number of sulfonamides is 1. The van der Waals surface area contributed by atoms with Gasteiger partial charge in [-0.15, -0.1) is 0 Å². The molecule has 0 aliphatic carbocycles. The Kier molecular flexibility index (Phi) is 9.25. The van der Waals surface area contributed by atoms with Crippen LogP contribution in [-0.4, -0.2) is 37.9 Å². The molecule has 0 spiro atoms. The molecule has 0 saturated heterocycles. The van der Waals surface area contributed by atoms with Crippen LogP contribution in [-0.2, 0) is 32.7 Å². The van der Waals surface area contributed by atoms with Crippen molar-refractivity contribution in [2.75, 3.05) is 18.1 Å². The zero-order valence-corrected chi connectivity index (χ0v) is 22.1. The van der Waals surface area contributed by atoms with Crippen LogP contribution in [0, 0.1) is 5.92 Å². The van der Waals surface area contributed by atoms with Crippen molar-refractivity contribution in [3.63, 3.8) is 0 Å². The van der Waals surface area contributed by atoms with E-state index in [1.807, 2.05) is 62.4 Å². The standard InChI is InChI=1S/C27H30ClN3O4S/c1-19(2)17-31(18-20-8-12-23(28)13-9-20)27(33)26(32)30-24-14-10-21(11-15-24)25-7-5-4-6-22(25)16-29-36(3,34)35/h4-15,19,29H,16-18H2,1-3H3,(H,30,32). The molecule has 3 aromatic rings. The van der Waals surface area contributed by atoms with Gasteiger partial charge in [0, 0.05) is 30.3 Å². The first kappa shape index (κ1) is 27.4. The molecule has 2 N–H and O–H groups in total. The highest BCUT2D eigenvalue weighted by atomic mass is 35.5. The van der Waals surface area contributed by atoms with Crippen molar-refractivity contribution in [1.29, 1.82) is 0 Å². The largest absolute Gasteiger partial charge is 0.330 e. The number of carbonyl (C=O) groups excluding carboxylic acids is 2. The molecule has 0 aliphatic rings. The van der Waals surface area contributed by atoms with Crippen LogP contribution in [0.5, 0.6) is 0 Å². The maximum Gasteiger partial charge on any atom is 0.313 e. The molecule has 36 heavy (non-hydrogen) atoms. The van der Waals surface area contributed by atoms with Gasteiger partial charge in [0.15, 0.2) is 0 Å². The van der Waals surface area contributed by atoms with E-state index in [-0.39, 0.29) is 12.5 Å². The fourth-order valence-corrected chi connectivity index (χ4v) is 4.24. The minimum Gasteiger partial charge on any atom is -0.330 e. The van der Waals surface area contributed by atoms with E-state index in [0.29, 0.717) is 23.8 Å². The van der Waals surface area contributed by atoms with E-state index < -0.39 is 21.8 Å². The second-order valence-electron chi connectivity index (χ2n) is 8.99. The molecule has 0 saturated carbocycles. The van der Waals surface area contributed by atoms with E-state index in [0.717, 1.165) is 28.5 Å². The number of hydrogen-bond donors (Lipinski definition) is 2. The summed E-state index contributed by atoms with van der Waals surface area (Å²) in [5.74, 6) is -1.14. The van der Waals surface area contributed by atoms with Crippen LogP contribution in [0.15, 0.2) is 72.8 Å². The first-order valence-electron chi connectivity index (χ1n) is 11.5. The van der Waals surface area contributed by atoms with E-state index in [9.17, 15) is 18.0 Å². The molecule has 0 fully saturated rings. The third kappa shape index (κ3) is 8.19. The van der Waals surface area contributed by atoms with Crippen molar-refractivity contribution in [2.24, 2.45) is 5.92 Å². The number of halogens is 1. The summed E-state index contributed by atoms with van der Waals surface area (Å²) in [6.07, 6.45) is 1.12. The summed E-state index contributed by atoms with van der Waals surface area (Å²) < 4.78 is 25.5. The fraction of sp³-hybridized carbons (Fsp3) is 0.259. The molecule has 0 atom stereocenters. The van der Waals surface area contributed by atoms with Gasteiger partial charge in [-0.25, -0.2) is 13.1 Å². The van der Waals surface area contributed by atoms with Gasteiger partial charge in [0.05, 0.1) is 6.26 Å². The smallest absolute Gasteiger partial charge is 0.313 e. The highest BCUT2D eigenvalue weighted by Crippen LogP contribution is 2.25. The van der Waals surface area contributed by atoms with Crippen LogP contribution in [0.1, 0.15) is 25.0 Å². The van der Waals surface area contributed by atoms with Crippen LogP contribution in [0.2, 0.25) is 5.02 Å². The molecule has 3 aromatic carbocycles. The Balaban J connectivity index is 1.71. The van der Waals surface area contributed by atoms with Crippen molar-refractivity contribution < 1.29 is 18.0 Å². The number of hydrogen-bond acceptors (Lipinski definition) is 4. The van der Waals surface area contributed by atoms with E-state index in [4.69, 9.17) is 11.6 Å². The lowest BCUT2D eigenvalue weighted by atomic mass is 9.99. The number of benzene rings is 3. The zero-order valence-electron chi connectivity index (χ0n) is 20.5. The van der Waals surface area contributed by atoms with Crippen molar-refractivity contribution >= 4 is 39.1 Å². The van der Waals surface area contributed by atoms with Crippen LogP contribution in [0.25, 0.3) is 11.1 Å². The summed E-state index contributed by atoms with van der Waals surface area (Å²) in [6.45, 7) is 4.89. The van der Waals surface area contributed by atoms with Gasteiger partial charge in [0.25, 0.3) is 0 Å². The lowest BCUT2D eigenvalue weighted by Crippen LogP contribution is -2.41. The lowest BCUT2D eigenvalue weighted by molar-refractivity contribution is -0.143. The van der Waals surface area contributed by atoms with Gasteiger partial charge in [0.1, 0.15) is 0 Å². The van der Waals surface area contributed by atoms with Crippen LogP contribution in [0.3, 0.4) is 0 Å². The molecule has 7 nitrogen and oxygen atoms in total. The minimum absolute atomic E-state index is 0.168. The quantitative estimate of drug-likeness (QED) is 0.395. The highest BCUT2D eigenvalue weighted by molar-refractivity contribution is 7.88. The molecule has 2 amide bonds. The van der Waals surface area contributed by atoms with Gasteiger partial charge in [0.2, 0.25) is 10.0 Å². The lowest BCUT2D eigenvalue weighted by Gasteiger charge is -2.24. The predicted molar refractivity (Wildman–Crippen MR) is 144 cm³/mol. The summed E-state index contributed by atoms with van der Waals surface area (Å²) in [6, 6.07) is 21.7. The Morgan fingerprint density at radius 2 is 1.58 bits per heavy atom. The SMILES string of the molecule is CC(C)CN(Cc1ccc(Cl)cc1)C(=O)C(=O)Nc1ccc(-c2ccccc2CNS(C)(=O)=O)cc1. The number of nitrogens with zero attached hydrogens (tertiary/aromatic N) is 1. The molecular weight excluding hydrogens is 498 g/mol. The van der Waals surface area contributed by atoms with E-state index in [2.05, 4.69) is 10.0 Å². The fourth-order valence-electron chi connectivity index (χ4n) is 3.70. The Labute approximate surface area is 217 Å². The van der Waals surface area contributed by atoms with Crippen molar-refractivity contribution in [1.82, 2.24) is 9.62 Å². The van der Waals surface area contributed by atoms with Gasteiger partial charge in [-0.1, -0.05) is 74.0 Å². The Morgan fingerprint density at radius 1 is 0.944 bits per heavy atom.